The molecule has 1 aromatic rings. The smallest absolute Gasteiger partial charge is 0.307 e. The van der Waals surface area contributed by atoms with Gasteiger partial charge in [0.25, 0.3) is 0 Å². The second kappa shape index (κ2) is 5.26. The molecular formula is C14H16BrNO4. The van der Waals surface area contributed by atoms with E-state index in [2.05, 4.69) is 21.2 Å². The third-order valence-electron chi connectivity index (χ3n) is 3.90. The highest BCUT2D eigenvalue weighted by Gasteiger charge is 2.33. The van der Waals surface area contributed by atoms with Gasteiger partial charge >= 0.3 is 5.97 Å². The molecule has 1 aromatic carbocycles. The Labute approximate surface area is 125 Å². The number of hydrogen-bond donors (Lipinski definition) is 2. The Kier molecular flexibility index (Phi) is 3.60. The van der Waals surface area contributed by atoms with Crippen molar-refractivity contribution in [2.75, 3.05) is 19.8 Å². The first-order valence-electron chi connectivity index (χ1n) is 6.62. The molecule has 0 radical (unpaired) electrons. The Bertz CT molecular complexity index is 561. The topological polar surface area (TPSA) is 67.8 Å². The lowest BCUT2D eigenvalue weighted by atomic mass is 9.95. The Morgan fingerprint density at radius 2 is 2.20 bits per heavy atom. The average molecular weight is 342 g/mol. The molecule has 0 aliphatic carbocycles. The van der Waals surface area contributed by atoms with E-state index in [0.29, 0.717) is 26.2 Å². The summed E-state index contributed by atoms with van der Waals surface area (Å²) in [6, 6.07) is 1.94. The lowest BCUT2D eigenvalue weighted by Crippen LogP contribution is -2.20. The summed E-state index contributed by atoms with van der Waals surface area (Å²) in [7, 11) is 0. The van der Waals surface area contributed by atoms with Crippen molar-refractivity contribution in [3.63, 3.8) is 0 Å². The molecule has 2 atom stereocenters. The minimum Gasteiger partial charge on any atom is -0.486 e. The Hall–Kier alpha value is -1.27. The van der Waals surface area contributed by atoms with Crippen LogP contribution >= 0.6 is 15.9 Å². The normalized spacial score (nSPS) is 24.7. The zero-order valence-corrected chi connectivity index (χ0v) is 12.7. The van der Waals surface area contributed by atoms with Gasteiger partial charge in [0.05, 0.1) is 5.92 Å². The highest BCUT2D eigenvalue weighted by atomic mass is 79.9. The first-order chi connectivity index (χ1) is 9.58. The molecule has 2 heterocycles. The molecule has 0 saturated carbocycles. The lowest BCUT2D eigenvalue weighted by Gasteiger charge is -2.25. The second-order valence-electron chi connectivity index (χ2n) is 5.15. The molecule has 2 aliphatic heterocycles. The van der Waals surface area contributed by atoms with Crippen molar-refractivity contribution in [3.05, 3.63) is 21.7 Å². The van der Waals surface area contributed by atoms with Gasteiger partial charge in [-0.2, -0.15) is 0 Å². The third-order valence-corrected chi connectivity index (χ3v) is 4.56. The van der Waals surface area contributed by atoms with Crippen molar-refractivity contribution in [2.45, 2.75) is 19.4 Å². The van der Waals surface area contributed by atoms with Crippen LogP contribution in [0.1, 0.15) is 23.6 Å². The average Bonchev–Trinajstić information content (AvgIpc) is 2.88. The number of fused-ring (bicyclic) bond motifs is 1. The molecule has 5 nitrogen and oxygen atoms in total. The van der Waals surface area contributed by atoms with Crippen LogP contribution in [0.4, 0.5) is 0 Å². The van der Waals surface area contributed by atoms with Gasteiger partial charge in [0.2, 0.25) is 0 Å². The number of aliphatic carboxylic acids is 1. The van der Waals surface area contributed by atoms with Gasteiger partial charge in [-0.1, -0.05) is 15.9 Å². The number of hydrogen-bond acceptors (Lipinski definition) is 4. The second-order valence-corrected chi connectivity index (χ2v) is 6.01. The van der Waals surface area contributed by atoms with Crippen LogP contribution in [0.3, 0.4) is 0 Å². The van der Waals surface area contributed by atoms with Gasteiger partial charge in [-0.15, -0.1) is 0 Å². The summed E-state index contributed by atoms with van der Waals surface area (Å²) >= 11 is 3.57. The van der Waals surface area contributed by atoms with Crippen molar-refractivity contribution in [1.82, 2.24) is 5.32 Å². The Balaban J connectivity index is 1.96. The molecule has 6 heteroatoms. The van der Waals surface area contributed by atoms with Crippen molar-refractivity contribution >= 4 is 21.9 Å². The fourth-order valence-corrected chi connectivity index (χ4v) is 3.68. The molecule has 2 unspecified atom stereocenters. The van der Waals surface area contributed by atoms with E-state index >= 15 is 0 Å². The molecule has 2 N–H and O–H groups in total. The molecule has 0 spiro atoms. The number of carbonyl (C=O) groups is 1. The SMILES string of the molecule is Cc1c2c(cc(Br)c1C1CC(C(=O)O)CN1)OCCO2. The van der Waals surface area contributed by atoms with E-state index in [0.717, 1.165) is 27.1 Å². The third kappa shape index (κ3) is 2.27. The number of rotatable bonds is 2. The Morgan fingerprint density at radius 1 is 1.45 bits per heavy atom. The zero-order valence-electron chi connectivity index (χ0n) is 11.1. The quantitative estimate of drug-likeness (QED) is 0.863. The maximum absolute atomic E-state index is 11.1. The standard InChI is InChI=1S/C14H16BrNO4/c1-7-12(10-4-8(6-16-10)14(17)18)9(15)5-11-13(7)20-3-2-19-11/h5,8,10,16H,2-4,6H2,1H3,(H,17,18). The highest BCUT2D eigenvalue weighted by Crippen LogP contribution is 2.44. The van der Waals surface area contributed by atoms with Crippen LogP contribution in [0, 0.1) is 12.8 Å². The van der Waals surface area contributed by atoms with Gasteiger partial charge in [-0.05, 0) is 25.0 Å². The molecule has 0 bridgehead atoms. The monoisotopic (exact) mass is 341 g/mol. The van der Waals surface area contributed by atoms with Crippen molar-refractivity contribution < 1.29 is 19.4 Å². The van der Waals surface area contributed by atoms with E-state index in [-0.39, 0.29) is 12.0 Å². The predicted molar refractivity (Wildman–Crippen MR) is 76.4 cm³/mol. The fraction of sp³-hybridized carbons (Fsp3) is 0.500. The van der Waals surface area contributed by atoms with E-state index in [4.69, 9.17) is 14.6 Å². The van der Waals surface area contributed by atoms with Crippen LogP contribution in [0.15, 0.2) is 10.5 Å². The summed E-state index contributed by atoms with van der Waals surface area (Å²) in [6.07, 6.45) is 0.592. The van der Waals surface area contributed by atoms with Crippen molar-refractivity contribution in [2.24, 2.45) is 5.92 Å². The molecule has 1 saturated heterocycles. The number of benzene rings is 1. The number of ether oxygens (including phenoxy) is 2. The largest absolute Gasteiger partial charge is 0.486 e. The fourth-order valence-electron chi connectivity index (χ4n) is 2.90. The highest BCUT2D eigenvalue weighted by molar-refractivity contribution is 9.10. The summed E-state index contributed by atoms with van der Waals surface area (Å²) in [6.45, 7) is 3.59. The molecule has 2 aliphatic rings. The van der Waals surface area contributed by atoms with E-state index in [1.165, 1.54) is 0 Å². The molecule has 0 aromatic heterocycles. The van der Waals surface area contributed by atoms with E-state index in [1.54, 1.807) is 0 Å². The van der Waals surface area contributed by atoms with Crippen LogP contribution < -0.4 is 14.8 Å². The number of carboxylic acids is 1. The summed E-state index contributed by atoms with van der Waals surface area (Å²) in [5.74, 6) is 0.443. The molecule has 1 fully saturated rings. The van der Waals surface area contributed by atoms with Crippen molar-refractivity contribution in [1.29, 1.82) is 0 Å². The van der Waals surface area contributed by atoms with E-state index in [9.17, 15) is 4.79 Å². The maximum Gasteiger partial charge on any atom is 0.307 e. The van der Waals surface area contributed by atoms with Crippen molar-refractivity contribution in [3.8, 4) is 11.5 Å². The zero-order chi connectivity index (χ0) is 14.3. The van der Waals surface area contributed by atoms with Crippen LogP contribution in [-0.4, -0.2) is 30.8 Å². The number of halogens is 1. The molecule has 0 amide bonds. The van der Waals surface area contributed by atoms with Crippen LogP contribution in [0.2, 0.25) is 0 Å². The minimum atomic E-state index is -0.744. The predicted octanol–water partition coefficient (Wildman–Crippen LogP) is 2.26. The molecule has 108 valence electrons. The van der Waals surface area contributed by atoms with Gasteiger partial charge in [0.1, 0.15) is 13.2 Å². The number of carboxylic acid groups (broad SMARTS) is 1. The van der Waals surface area contributed by atoms with Gasteiger partial charge in [0.15, 0.2) is 11.5 Å². The number of nitrogens with one attached hydrogen (secondary N) is 1. The summed E-state index contributed by atoms with van der Waals surface area (Å²) in [4.78, 5) is 11.1. The minimum absolute atomic E-state index is 0.0290. The summed E-state index contributed by atoms with van der Waals surface area (Å²) in [5, 5.41) is 12.4. The maximum atomic E-state index is 11.1. The van der Waals surface area contributed by atoms with Gasteiger partial charge in [0, 0.05) is 22.6 Å². The van der Waals surface area contributed by atoms with Crippen LogP contribution in [-0.2, 0) is 4.79 Å². The first kappa shape index (κ1) is 13.7. The van der Waals surface area contributed by atoms with E-state index < -0.39 is 5.97 Å². The Morgan fingerprint density at radius 3 is 2.90 bits per heavy atom. The lowest BCUT2D eigenvalue weighted by molar-refractivity contribution is -0.141. The van der Waals surface area contributed by atoms with Gasteiger partial charge in [-0.3, -0.25) is 4.79 Å². The van der Waals surface area contributed by atoms with Gasteiger partial charge < -0.3 is 19.9 Å². The van der Waals surface area contributed by atoms with Crippen LogP contribution in [0.5, 0.6) is 11.5 Å². The summed E-state index contributed by atoms with van der Waals surface area (Å²) in [5.41, 5.74) is 2.08. The van der Waals surface area contributed by atoms with Gasteiger partial charge in [-0.25, -0.2) is 0 Å². The molecular weight excluding hydrogens is 326 g/mol. The molecule has 20 heavy (non-hydrogen) atoms. The first-order valence-corrected chi connectivity index (χ1v) is 7.42. The summed E-state index contributed by atoms with van der Waals surface area (Å²) < 4.78 is 12.2. The molecule has 3 rings (SSSR count). The van der Waals surface area contributed by atoms with E-state index in [1.807, 2.05) is 13.0 Å². The van der Waals surface area contributed by atoms with Crippen LogP contribution in [0.25, 0.3) is 0 Å².